The standard InChI is InChI=1S/C9H12ClN5O2/c10-6-1-7(14-8(11)13-6)15-3-5(4-15)2-12-9(16)17/h1,5,12H,2-4H2,(H,16,17)(H2,11,13,14). The number of aromatic nitrogens is 2. The van der Waals surface area contributed by atoms with Crippen molar-refractivity contribution < 1.29 is 9.90 Å². The monoisotopic (exact) mass is 257 g/mol. The van der Waals surface area contributed by atoms with Crippen LogP contribution in [0.15, 0.2) is 6.07 Å². The fraction of sp³-hybridized carbons (Fsp3) is 0.444. The Labute approximate surface area is 103 Å². The Kier molecular flexibility index (Phi) is 3.19. The lowest BCUT2D eigenvalue weighted by molar-refractivity contribution is 0.191. The highest BCUT2D eigenvalue weighted by Crippen LogP contribution is 2.24. The number of nitrogens with two attached hydrogens (primary N) is 1. The molecule has 2 rings (SSSR count). The second kappa shape index (κ2) is 4.62. The van der Waals surface area contributed by atoms with Crippen LogP contribution in [0.3, 0.4) is 0 Å². The molecule has 0 atom stereocenters. The number of amides is 1. The van der Waals surface area contributed by atoms with Crippen molar-refractivity contribution in [1.29, 1.82) is 0 Å². The molecule has 1 saturated heterocycles. The van der Waals surface area contributed by atoms with Gasteiger partial charge in [-0.25, -0.2) is 9.78 Å². The second-order valence-electron chi connectivity index (χ2n) is 3.86. The molecular formula is C9H12ClN5O2. The van der Waals surface area contributed by atoms with Gasteiger partial charge in [0.25, 0.3) is 0 Å². The summed E-state index contributed by atoms with van der Waals surface area (Å²) >= 11 is 5.77. The van der Waals surface area contributed by atoms with Crippen molar-refractivity contribution in [2.24, 2.45) is 5.92 Å². The molecule has 7 nitrogen and oxygen atoms in total. The molecule has 0 spiro atoms. The Bertz CT molecular complexity index is 415. The van der Waals surface area contributed by atoms with E-state index in [2.05, 4.69) is 15.3 Å². The third kappa shape index (κ3) is 2.88. The van der Waals surface area contributed by atoms with Gasteiger partial charge in [-0.15, -0.1) is 0 Å². The zero-order chi connectivity index (χ0) is 12.4. The number of carbonyl (C=O) groups is 1. The van der Waals surface area contributed by atoms with Crippen LogP contribution in [0.5, 0.6) is 0 Å². The predicted molar refractivity (Wildman–Crippen MR) is 63.2 cm³/mol. The zero-order valence-electron chi connectivity index (χ0n) is 8.93. The molecule has 1 aliphatic heterocycles. The van der Waals surface area contributed by atoms with Crippen LogP contribution in [0.1, 0.15) is 0 Å². The van der Waals surface area contributed by atoms with Crippen LogP contribution >= 0.6 is 11.6 Å². The normalized spacial score (nSPS) is 15.5. The van der Waals surface area contributed by atoms with E-state index < -0.39 is 6.09 Å². The minimum absolute atomic E-state index is 0.139. The van der Waals surface area contributed by atoms with E-state index in [4.69, 9.17) is 22.4 Å². The summed E-state index contributed by atoms with van der Waals surface area (Å²) in [5.41, 5.74) is 5.49. The van der Waals surface area contributed by atoms with E-state index in [-0.39, 0.29) is 5.95 Å². The van der Waals surface area contributed by atoms with E-state index in [1.54, 1.807) is 6.07 Å². The smallest absolute Gasteiger partial charge is 0.404 e. The van der Waals surface area contributed by atoms with Crippen LogP contribution in [-0.4, -0.2) is 40.8 Å². The van der Waals surface area contributed by atoms with Gasteiger partial charge in [0.2, 0.25) is 5.95 Å². The maximum Gasteiger partial charge on any atom is 0.404 e. The topological polar surface area (TPSA) is 104 Å². The summed E-state index contributed by atoms with van der Waals surface area (Å²) in [6, 6.07) is 1.64. The molecule has 92 valence electrons. The van der Waals surface area contributed by atoms with Crippen LogP contribution in [0.25, 0.3) is 0 Å². The van der Waals surface area contributed by atoms with Crippen LogP contribution < -0.4 is 16.0 Å². The van der Waals surface area contributed by atoms with Gasteiger partial charge in [0.15, 0.2) is 0 Å². The molecule has 0 aromatic carbocycles. The Hall–Kier alpha value is -1.76. The van der Waals surface area contributed by atoms with Crippen molar-refractivity contribution in [2.45, 2.75) is 0 Å². The summed E-state index contributed by atoms with van der Waals surface area (Å²) in [5, 5.41) is 11.1. The molecule has 1 aliphatic rings. The molecule has 0 aliphatic carbocycles. The van der Waals surface area contributed by atoms with E-state index in [9.17, 15) is 4.79 Å². The van der Waals surface area contributed by atoms with Gasteiger partial charge in [-0.05, 0) is 0 Å². The maximum atomic E-state index is 10.3. The summed E-state index contributed by atoms with van der Waals surface area (Å²) in [6.07, 6.45) is -1.00. The molecule has 4 N–H and O–H groups in total. The first-order valence-electron chi connectivity index (χ1n) is 5.06. The average molecular weight is 258 g/mol. The van der Waals surface area contributed by atoms with Crippen molar-refractivity contribution in [3.63, 3.8) is 0 Å². The van der Waals surface area contributed by atoms with Crippen molar-refractivity contribution in [3.8, 4) is 0 Å². The molecule has 8 heteroatoms. The van der Waals surface area contributed by atoms with Crippen LogP contribution in [0.4, 0.5) is 16.6 Å². The molecule has 1 aromatic rings. The number of halogens is 1. The van der Waals surface area contributed by atoms with E-state index >= 15 is 0 Å². The molecule has 2 heterocycles. The van der Waals surface area contributed by atoms with Gasteiger partial charge in [-0.2, -0.15) is 4.98 Å². The van der Waals surface area contributed by atoms with Gasteiger partial charge in [-0.1, -0.05) is 11.6 Å². The third-order valence-electron chi connectivity index (χ3n) is 2.52. The van der Waals surface area contributed by atoms with Crippen molar-refractivity contribution in [1.82, 2.24) is 15.3 Å². The van der Waals surface area contributed by atoms with Gasteiger partial charge in [0, 0.05) is 31.6 Å². The maximum absolute atomic E-state index is 10.3. The minimum Gasteiger partial charge on any atom is -0.465 e. The van der Waals surface area contributed by atoms with Crippen molar-refractivity contribution in [2.75, 3.05) is 30.3 Å². The first-order valence-corrected chi connectivity index (χ1v) is 5.44. The predicted octanol–water partition coefficient (Wildman–Crippen LogP) is 0.416. The Morgan fingerprint density at radius 3 is 2.94 bits per heavy atom. The number of anilines is 2. The molecule has 1 fully saturated rings. The summed E-state index contributed by atoms with van der Waals surface area (Å²) < 4.78 is 0. The lowest BCUT2D eigenvalue weighted by Gasteiger charge is -2.40. The van der Waals surface area contributed by atoms with Crippen LogP contribution in [-0.2, 0) is 0 Å². The molecule has 0 bridgehead atoms. The molecular weight excluding hydrogens is 246 g/mol. The second-order valence-corrected chi connectivity index (χ2v) is 4.25. The lowest BCUT2D eigenvalue weighted by Crippen LogP contribution is -2.51. The van der Waals surface area contributed by atoms with Gasteiger partial charge in [0.05, 0.1) is 0 Å². The molecule has 17 heavy (non-hydrogen) atoms. The number of nitrogen functional groups attached to an aromatic ring is 1. The third-order valence-corrected chi connectivity index (χ3v) is 2.72. The fourth-order valence-electron chi connectivity index (χ4n) is 1.70. The summed E-state index contributed by atoms with van der Waals surface area (Å²) in [7, 11) is 0. The molecule has 0 saturated carbocycles. The average Bonchev–Trinajstić information content (AvgIpc) is 2.12. The van der Waals surface area contributed by atoms with Crippen molar-refractivity contribution in [3.05, 3.63) is 11.2 Å². The fourth-order valence-corrected chi connectivity index (χ4v) is 1.89. The Morgan fingerprint density at radius 1 is 1.65 bits per heavy atom. The van der Waals surface area contributed by atoms with Crippen LogP contribution in [0.2, 0.25) is 5.15 Å². The number of carboxylic acid groups (broad SMARTS) is 1. The highest BCUT2D eigenvalue weighted by Gasteiger charge is 2.28. The van der Waals surface area contributed by atoms with E-state index in [0.29, 0.717) is 23.4 Å². The van der Waals surface area contributed by atoms with Gasteiger partial charge in [0.1, 0.15) is 11.0 Å². The highest BCUT2D eigenvalue weighted by atomic mass is 35.5. The van der Waals surface area contributed by atoms with Gasteiger partial charge < -0.3 is 21.1 Å². The first kappa shape index (κ1) is 11.7. The van der Waals surface area contributed by atoms with Gasteiger partial charge in [-0.3, -0.25) is 0 Å². The quantitative estimate of drug-likeness (QED) is 0.678. The Balaban J connectivity index is 1.88. The first-order chi connectivity index (χ1) is 8.04. The van der Waals surface area contributed by atoms with E-state index in [0.717, 1.165) is 13.1 Å². The molecule has 0 unspecified atom stereocenters. The molecule has 1 aromatic heterocycles. The van der Waals surface area contributed by atoms with Crippen molar-refractivity contribution >= 4 is 29.5 Å². The number of hydrogen-bond acceptors (Lipinski definition) is 5. The largest absolute Gasteiger partial charge is 0.465 e. The number of nitrogens with one attached hydrogen (secondary N) is 1. The molecule has 1 amide bonds. The number of nitrogens with zero attached hydrogens (tertiary/aromatic N) is 3. The summed E-state index contributed by atoms with van der Waals surface area (Å²) in [6.45, 7) is 1.90. The van der Waals surface area contributed by atoms with E-state index in [1.807, 2.05) is 4.90 Å². The lowest BCUT2D eigenvalue weighted by atomic mass is 10.0. The molecule has 0 radical (unpaired) electrons. The van der Waals surface area contributed by atoms with Gasteiger partial charge >= 0.3 is 6.09 Å². The minimum atomic E-state index is -1.00. The SMILES string of the molecule is Nc1nc(Cl)cc(N2CC(CNC(=O)O)C2)n1. The summed E-state index contributed by atoms with van der Waals surface area (Å²) in [4.78, 5) is 20.1. The summed E-state index contributed by atoms with van der Waals surface area (Å²) in [5.74, 6) is 1.11. The zero-order valence-corrected chi connectivity index (χ0v) is 9.68. The highest BCUT2D eigenvalue weighted by molar-refractivity contribution is 6.29. The number of hydrogen-bond donors (Lipinski definition) is 3. The van der Waals surface area contributed by atoms with Crippen LogP contribution in [0, 0.1) is 5.92 Å². The number of rotatable bonds is 3. The Morgan fingerprint density at radius 2 is 2.35 bits per heavy atom. The van der Waals surface area contributed by atoms with E-state index in [1.165, 1.54) is 0 Å².